The molecule has 3 rings (SSSR count). The van der Waals surface area contributed by atoms with Gasteiger partial charge in [0.2, 0.25) is 5.91 Å². The van der Waals surface area contributed by atoms with E-state index in [9.17, 15) is 4.79 Å². The minimum Gasteiger partial charge on any atom is -0.370 e. The topological polar surface area (TPSA) is 42.8 Å². The van der Waals surface area contributed by atoms with Gasteiger partial charge in [-0.2, -0.15) is 0 Å². The molecule has 1 aromatic carbocycles. The smallest absolute Gasteiger partial charge is 0.223 e. The summed E-state index contributed by atoms with van der Waals surface area (Å²) in [6.07, 6.45) is 2.11. The predicted molar refractivity (Wildman–Crippen MR) is 81.0 cm³/mol. The standard InChI is InChI=1S/C17H24N2O2/c1-13(18-17(20)15-7-8-15)16(14-5-3-2-4-6-14)19-9-11-21-12-10-19/h2-6,13,15-16H,7-12H2,1H3,(H,18,20)/p+1/t13-,16-/m0/s1. The lowest BCUT2D eigenvalue weighted by atomic mass is 9.98. The third-order valence-corrected chi connectivity index (χ3v) is 4.55. The quantitative estimate of drug-likeness (QED) is 0.832. The SMILES string of the molecule is C[C@H](NC(=O)C1CC1)[C@@H](c1ccccc1)[NH+]1CCOCC1. The summed E-state index contributed by atoms with van der Waals surface area (Å²) in [5.74, 6) is 0.500. The number of carbonyl (C=O) groups is 1. The summed E-state index contributed by atoms with van der Waals surface area (Å²) >= 11 is 0. The van der Waals surface area contributed by atoms with Crippen LogP contribution in [0, 0.1) is 5.92 Å². The molecule has 114 valence electrons. The Hall–Kier alpha value is -1.39. The fourth-order valence-corrected chi connectivity index (χ4v) is 3.25. The van der Waals surface area contributed by atoms with Crippen molar-refractivity contribution in [1.82, 2.24) is 5.32 Å². The van der Waals surface area contributed by atoms with Crippen LogP contribution < -0.4 is 10.2 Å². The lowest BCUT2D eigenvalue weighted by molar-refractivity contribution is -0.940. The van der Waals surface area contributed by atoms with Crippen molar-refractivity contribution in [2.75, 3.05) is 26.3 Å². The highest BCUT2D eigenvalue weighted by molar-refractivity contribution is 5.81. The average molecular weight is 289 g/mol. The van der Waals surface area contributed by atoms with Crippen molar-refractivity contribution in [3.63, 3.8) is 0 Å². The molecule has 1 saturated heterocycles. The number of hydrogen-bond acceptors (Lipinski definition) is 2. The summed E-state index contributed by atoms with van der Waals surface area (Å²) in [5, 5.41) is 3.24. The van der Waals surface area contributed by atoms with Crippen LogP contribution in [0.15, 0.2) is 30.3 Å². The van der Waals surface area contributed by atoms with Crippen LogP contribution in [0.4, 0.5) is 0 Å². The molecule has 4 nitrogen and oxygen atoms in total. The molecule has 1 heterocycles. The fraction of sp³-hybridized carbons (Fsp3) is 0.588. The zero-order valence-corrected chi connectivity index (χ0v) is 12.7. The molecule has 4 heteroatoms. The van der Waals surface area contributed by atoms with Crippen LogP contribution in [-0.4, -0.2) is 38.3 Å². The third kappa shape index (κ3) is 3.63. The van der Waals surface area contributed by atoms with Gasteiger partial charge in [0.05, 0.1) is 19.3 Å². The molecule has 0 radical (unpaired) electrons. The first kappa shape index (κ1) is 14.5. The molecule has 0 aromatic heterocycles. The number of carbonyl (C=O) groups excluding carboxylic acids is 1. The number of amides is 1. The summed E-state index contributed by atoms with van der Waals surface area (Å²) in [6, 6.07) is 11.0. The molecule has 2 fully saturated rings. The zero-order chi connectivity index (χ0) is 14.7. The average Bonchev–Trinajstić information content (AvgIpc) is 3.34. The van der Waals surface area contributed by atoms with E-state index in [1.807, 2.05) is 6.07 Å². The second-order valence-electron chi connectivity index (χ2n) is 6.23. The van der Waals surface area contributed by atoms with Gasteiger partial charge < -0.3 is 15.0 Å². The van der Waals surface area contributed by atoms with Crippen LogP contribution in [0.5, 0.6) is 0 Å². The molecule has 2 aliphatic rings. The normalized spacial score (nSPS) is 22.5. The molecule has 1 saturated carbocycles. The summed E-state index contributed by atoms with van der Waals surface area (Å²) < 4.78 is 5.49. The van der Waals surface area contributed by atoms with Crippen molar-refractivity contribution in [1.29, 1.82) is 0 Å². The van der Waals surface area contributed by atoms with Gasteiger partial charge in [0.15, 0.2) is 0 Å². The Morgan fingerprint density at radius 1 is 1.24 bits per heavy atom. The van der Waals surface area contributed by atoms with Gasteiger partial charge in [0.25, 0.3) is 0 Å². The molecule has 2 N–H and O–H groups in total. The van der Waals surface area contributed by atoms with E-state index >= 15 is 0 Å². The number of rotatable bonds is 5. The number of nitrogens with one attached hydrogen (secondary N) is 2. The van der Waals surface area contributed by atoms with Gasteiger partial charge in [-0.15, -0.1) is 0 Å². The maximum Gasteiger partial charge on any atom is 0.223 e. The van der Waals surface area contributed by atoms with Crippen molar-refractivity contribution >= 4 is 5.91 Å². The Balaban J connectivity index is 1.75. The zero-order valence-electron chi connectivity index (χ0n) is 12.7. The number of ether oxygens (including phenoxy) is 1. The molecule has 1 aromatic rings. The first-order valence-electron chi connectivity index (χ1n) is 8.03. The Morgan fingerprint density at radius 2 is 1.90 bits per heavy atom. The van der Waals surface area contributed by atoms with E-state index < -0.39 is 0 Å². The van der Waals surface area contributed by atoms with Gasteiger partial charge in [-0.3, -0.25) is 4.79 Å². The largest absolute Gasteiger partial charge is 0.370 e. The highest BCUT2D eigenvalue weighted by Crippen LogP contribution is 2.29. The maximum absolute atomic E-state index is 12.1. The van der Waals surface area contributed by atoms with Gasteiger partial charge >= 0.3 is 0 Å². The molecule has 0 bridgehead atoms. The molecule has 1 aliphatic carbocycles. The van der Waals surface area contributed by atoms with Crippen molar-refractivity contribution in [3.8, 4) is 0 Å². The van der Waals surface area contributed by atoms with E-state index in [1.165, 1.54) is 10.5 Å². The van der Waals surface area contributed by atoms with Crippen molar-refractivity contribution < 1.29 is 14.4 Å². The molecule has 21 heavy (non-hydrogen) atoms. The van der Waals surface area contributed by atoms with Crippen LogP contribution in [0.2, 0.25) is 0 Å². The minimum atomic E-state index is 0.147. The Bertz CT molecular complexity index is 467. The second-order valence-corrected chi connectivity index (χ2v) is 6.23. The van der Waals surface area contributed by atoms with Gasteiger partial charge in [0.1, 0.15) is 19.1 Å². The van der Waals surface area contributed by atoms with Gasteiger partial charge in [-0.25, -0.2) is 0 Å². The van der Waals surface area contributed by atoms with Crippen LogP contribution in [-0.2, 0) is 9.53 Å². The van der Waals surface area contributed by atoms with Crippen LogP contribution in [0.3, 0.4) is 0 Å². The van der Waals surface area contributed by atoms with E-state index in [2.05, 4.69) is 36.5 Å². The highest BCUT2D eigenvalue weighted by Gasteiger charge is 2.35. The lowest BCUT2D eigenvalue weighted by Crippen LogP contribution is -3.15. The second kappa shape index (κ2) is 6.58. The maximum atomic E-state index is 12.1. The minimum absolute atomic E-state index is 0.147. The summed E-state index contributed by atoms with van der Waals surface area (Å²) in [7, 11) is 0. The molecule has 2 atom stereocenters. The van der Waals surface area contributed by atoms with E-state index in [0.717, 1.165) is 39.1 Å². The Morgan fingerprint density at radius 3 is 2.52 bits per heavy atom. The van der Waals surface area contributed by atoms with Crippen LogP contribution >= 0.6 is 0 Å². The lowest BCUT2D eigenvalue weighted by Gasteiger charge is -2.35. The Kier molecular flexibility index (Phi) is 4.56. The predicted octanol–water partition coefficient (Wildman–Crippen LogP) is 0.558. The number of benzene rings is 1. The molecular formula is C17H25N2O2+. The molecule has 1 aliphatic heterocycles. The van der Waals surface area contributed by atoms with Crippen LogP contribution in [0.1, 0.15) is 31.4 Å². The van der Waals surface area contributed by atoms with Gasteiger partial charge in [-0.05, 0) is 19.8 Å². The first-order chi connectivity index (χ1) is 10.3. The number of morpholine rings is 1. The van der Waals surface area contributed by atoms with E-state index in [1.54, 1.807) is 0 Å². The third-order valence-electron chi connectivity index (χ3n) is 4.55. The van der Waals surface area contributed by atoms with Crippen molar-refractivity contribution in [2.45, 2.75) is 31.8 Å². The van der Waals surface area contributed by atoms with Crippen molar-refractivity contribution in [2.24, 2.45) is 5.92 Å². The number of quaternary nitrogens is 1. The van der Waals surface area contributed by atoms with Gasteiger partial charge in [-0.1, -0.05) is 30.3 Å². The van der Waals surface area contributed by atoms with E-state index in [0.29, 0.717) is 6.04 Å². The molecular weight excluding hydrogens is 264 g/mol. The van der Waals surface area contributed by atoms with Crippen molar-refractivity contribution in [3.05, 3.63) is 35.9 Å². The monoisotopic (exact) mass is 289 g/mol. The summed E-state index contributed by atoms with van der Waals surface area (Å²) in [6.45, 7) is 5.76. The first-order valence-corrected chi connectivity index (χ1v) is 8.03. The molecule has 1 amide bonds. The van der Waals surface area contributed by atoms with Crippen LogP contribution in [0.25, 0.3) is 0 Å². The van der Waals surface area contributed by atoms with E-state index in [-0.39, 0.29) is 17.9 Å². The molecule has 0 spiro atoms. The van der Waals surface area contributed by atoms with E-state index in [4.69, 9.17) is 4.74 Å². The fourth-order valence-electron chi connectivity index (χ4n) is 3.25. The number of hydrogen-bond donors (Lipinski definition) is 2. The summed E-state index contributed by atoms with van der Waals surface area (Å²) in [5.41, 5.74) is 1.30. The van der Waals surface area contributed by atoms with Gasteiger partial charge in [0, 0.05) is 11.5 Å². The summed E-state index contributed by atoms with van der Waals surface area (Å²) in [4.78, 5) is 13.6. The molecule has 0 unspecified atom stereocenters. The highest BCUT2D eigenvalue weighted by atomic mass is 16.5. The Labute approximate surface area is 126 Å².